The van der Waals surface area contributed by atoms with E-state index in [0.29, 0.717) is 17.1 Å². The molecule has 2 rings (SSSR count). The molecule has 166 valence electrons. The monoisotopic (exact) mass is 423 g/mol. The summed E-state index contributed by atoms with van der Waals surface area (Å²) in [5, 5.41) is 24.0. The van der Waals surface area contributed by atoms with Gasteiger partial charge in [-0.3, -0.25) is 9.59 Å². The molecule has 0 aliphatic heterocycles. The van der Waals surface area contributed by atoms with E-state index in [2.05, 4.69) is 5.16 Å². The number of ether oxygens (including phenoxy) is 4. The van der Waals surface area contributed by atoms with E-state index in [1.165, 1.54) is 21.1 Å². The molecule has 2 N–H and O–H groups in total. The fourth-order valence-corrected chi connectivity index (χ4v) is 4.06. The minimum absolute atomic E-state index is 0.0267. The number of aliphatic hydroxyl groups is 1. The number of oxime groups is 1. The topological polar surface area (TPSA) is 124 Å². The van der Waals surface area contributed by atoms with Crippen molar-refractivity contribution in [3.8, 4) is 11.5 Å². The maximum absolute atomic E-state index is 12.9. The van der Waals surface area contributed by atoms with Crippen molar-refractivity contribution in [2.45, 2.75) is 38.7 Å². The molecular weight excluding hydrogens is 394 g/mol. The Bertz CT molecular complexity index is 804. The molecule has 30 heavy (non-hydrogen) atoms. The van der Waals surface area contributed by atoms with E-state index in [4.69, 9.17) is 18.9 Å². The molecule has 0 heterocycles. The third-order valence-electron chi connectivity index (χ3n) is 5.29. The number of carbonyl (C=O) groups excluding carboxylic acids is 2. The second kappa shape index (κ2) is 9.80. The van der Waals surface area contributed by atoms with Gasteiger partial charge >= 0.3 is 11.9 Å². The zero-order valence-electron chi connectivity index (χ0n) is 17.9. The second-order valence-electron chi connectivity index (χ2n) is 7.22. The average molecular weight is 423 g/mol. The Morgan fingerprint density at radius 1 is 1.10 bits per heavy atom. The van der Waals surface area contributed by atoms with E-state index >= 15 is 0 Å². The van der Waals surface area contributed by atoms with Gasteiger partial charge < -0.3 is 29.3 Å². The van der Waals surface area contributed by atoms with Crippen LogP contribution >= 0.6 is 0 Å². The summed E-state index contributed by atoms with van der Waals surface area (Å²) >= 11 is 0. The zero-order chi connectivity index (χ0) is 22.5. The Kier molecular flexibility index (Phi) is 7.66. The van der Waals surface area contributed by atoms with Crippen molar-refractivity contribution >= 4 is 17.7 Å². The predicted molar refractivity (Wildman–Crippen MR) is 107 cm³/mol. The van der Waals surface area contributed by atoms with Crippen LogP contribution in [0.5, 0.6) is 11.5 Å². The molecule has 1 aromatic carbocycles. The normalized spacial score (nSPS) is 27.4. The lowest BCUT2D eigenvalue weighted by atomic mass is 9.61. The van der Waals surface area contributed by atoms with Crippen LogP contribution in [0.2, 0.25) is 0 Å². The van der Waals surface area contributed by atoms with Crippen LogP contribution in [-0.2, 0) is 19.1 Å². The van der Waals surface area contributed by atoms with Crippen molar-refractivity contribution in [1.29, 1.82) is 0 Å². The number of methoxy groups -OCH3 is 2. The summed E-state index contributed by atoms with van der Waals surface area (Å²) in [6.07, 6.45) is -0.194. The van der Waals surface area contributed by atoms with Crippen LogP contribution in [0, 0.1) is 11.8 Å². The van der Waals surface area contributed by atoms with Gasteiger partial charge in [0.05, 0.1) is 44.7 Å². The third kappa shape index (κ3) is 4.51. The first kappa shape index (κ1) is 23.5. The van der Waals surface area contributed by atoms with Crippen molar-refractivity contribution in [1.82, 2.24) is 0 Å². The molecular formula is C21H29NO8. The summed E-state index contributed by atoms with van der Waals surface area (Å²) in [5.41, 5.74) is -1.10. The molecule has 1 saturated carbocycles. The Hall–Kier alpha value is -2.81. The number of nitrogens with zero attached hydrogens (tertiary/aromatic N) is 1. The standard InChI is InChI=1S/C21H29NO8/c1-6-29-19(23)17-13(22-26)11-21(3,25)18(20(24)30-7-2)16(17)12-8-9-14(27-4)15(10-12)28-5/h8-10,16-18,25-26H,6-7,11H2,1-5H3/b22-13+/t16-,17+,18+,21-/m0/s1. The van der Waals surface area contributed by atoms with Crippen LogP contribution in [-0.4, -0.2) is 61.0 Å². The van der Waals surface area contributed by atoms with Crippen molar-refractivity contribution in [3.63, 3.8) is 0 Å². The maximum Gasteiger partial charge on any atom is 0.315 e. The molecule has 4 atom stereocenters. The van der Waals surface area contributed by atoms with Gasteiger partial charge in [0.25, 0.3) is 0 Å². The molecule has 0 spiro atoms. The lowest BCUT2D eigenvalue weighted by molar-refractivity contribution is -0.163. The van der Waals surface area contributed by atoms with Crippen LogP contribution in [0.15, 0.2) is 23.4 Å². The highest BCUT2D eigenvalue weighted by atomic mass is 16.5. The Balaban J connectivity index is 2.73. The van der Waals surface area contributed by atoms with Gasteiger partial charge in [-0.05, 0) is 38.5 Å². The van der Waals surface area contributed by atoms with E-state index in [-0.39, 0.29) is 25.3 Å². The van der Waals surface area contributed by atoms with Crippen molar-refractivity contribution in [2.75, 3.05) is 27.4 Å². The van der Waals surface area contributed by atoms with E-state index < -0.39 is 35.3 Å². The van der Waals surface area contributed by atoms with Gasteiger partial charge in [0, 0.05) is 12.3 Å². The molecule has 0 unspecified atom stereocenters. The van der Waals surface area contributed by atoms with Gasteiger partial charge in [-0.2, -0.15) is 0 Å². The van der Waals surface area contributed by atoms with E-state index in [1.54, 1.807) is 32.0 Å². The lowest BCUT2D eigenvalue weighted by Crippen LogP contribution is -2.55. The van der Waals surface area contributed by atoms with Gasteiger partial charge in [-0.15, -0.1) is 0 Å². The lowest BCUT2D eigenvalue weighted by Gasteiger charge is -2.44. The summed E-state index contributed by atoms with van der Waals surface area (Å²) in [6.45, 7) is 4.97. The number of hydrogen-bond acceptors (Lipinski definition) is 9. The number of hydrogen-bond donors (Lipinski definition) is 2. The smallest absolute Gasteiger partial charge is 0.315 e. The highest BCUT2D eigenvalue weighted by molar-refractivity contribution is 6.05. The number of carbonyl (C=O) groups is 2. The summed E-state index contributed by atoms with van der Waals surface area (Å²) < 4.78 is 21.0. The first-order valence-electron chi connectivity index (χ1n) is 9.74. The molecule has 1 fully saturated rings. The van der Waals surface area contributed by atoms with E-state index in [1.807, 2.05) is 0 Å². The van der Waals surface area contributed by atoms with Crippen molar-refractivity contribution < 1.29 is 38.9 Å². The minimum Gasteiger partial charge on any atom is -0.493 e. The largest absolute Gasteiger partial charge is 0.493 e. The molecule has 0 aromatic heterocycles. The predicted octanol–water partition coefficient (Wildman–Crippen LogP) is 2.13. The number of esters is 2. The van der Waals surface area contributed by atoms with Crippen LogP contribution in [0.1, 0.15) is 38.7 Å². The molecule has 0 saturated heterocycles. The fourth-order valence-electron chi connectivity index (χ4n) is 4.06. The van der Waals surface area contributed by atoms with Gasteiger partial charge in [0.15, 0.2) is 11.5 Å². The Morgan fingerprint density at radius 2 is 1.70 bits per heavy atom. The van der Waals surface area contributed by atoms with Gasteiger partial charge in [-0.1, -0.05) is 11.2 Å². The zero-order valence-corrected chi connectivity index (χ0v) is 17.9. The van der Waals surface area contributed by atoms with E-state index in [0.717, 1.165) is 0 Å². The summed E-state index contributed by atoms with van der Waals surface area (Å²) in [5.74, 6) is -3.60. The summed E-state index contributed by atoms with van der Waals surface area (Å²) in [4.78, 5) is 25.8. The number of benzene rings is 1. The SMILES string of the molecule is CCOC(=O)[C@@H]1/C(=N/O)C[C@](C)(O)[C@@H](C(=O)OCC)[C@H]1c1ccc(OC)c(OC)c1. The Morgan fingerprint density at radius 3 is 2.23 bits per heavy atom. The molecule has 1 aliphatic rings. The summed E-state index contributed by atoms with van der Waals surface area (Å²) in [7, 11) is 2.95. The molecule has 0 amide bonds. The maximum atomic E-state index is 12.9. The molecule has 9 nitrogen and oxygen atoms in total. The second-order valence-corrected chi connectivity index (χ2v) is 7.22. The highest BCUT2D eigenvalue weighted by Crippen LogP contribution is 2.48. The molecule has 0 bridgehead atoms. The third-order valence-corrected chi connectivity index (χ3v) is 5.29. The minimum atomic E-state index is -1.63. The number of rotatable bonds is 7. The fraction of sp³-hybridized carbons (Fsp3) is 0.571. The Labute approximate surface area is 175 Å². The van der Waals surface area contributed by atoms with E-state index in [9.17, 15) is 19.9 Å². The van der Waals surface area contributed by atoms with Crippen molar-refractivity contribution in [2.24, 2.45) is 17.0 Å². The quantitative estimate of drug-likeness (QED) is 0.388. The molecule has 1 aromatic rings. The van der Waals surface area contributed by atoms with Gasteiger partial charge in [0.1, 0.15) is 5.92 Å². The van der Waals surface area contributed by atoms with Crippen molar-refractivity contribution in [3.05, 3.63) is 23.8 Å². The van der Waals surface area contributed by atoms with Gasteiger partial charge in [0.2, 0.25) is 0 Å². The van der Waals surface area contributed by atoms with Crippen LogP contribution < -0.4 is 9.47 Å². The molecule has 1 aliphatic carbocycles. The average Bonchev–Trinajstić information content (AvgIpc) is 2.71. The molecule has 0 radical (unpaired) electrons. The highest BCUT2D eigenvalue weighted by Gasteiger charge is 2.56. The molecule has 9 heteroatoms. The summed E-state index contributed by atoms with van der Waals surface area (Å²) in [6, 6.07) is 4.93. The van der Waals surface area contributed by atoms with Crippen LogP contribution in [0.25, 0.3) is 0 Å². The first-order valence-corrected chi connectivity index (χ1v) is 9.74. The first-order chi connectivity index (χ1) is 14.2. The van der Waals surface area contributed by atoms with Gasteiger partial charge in [-0.25, -0.2) is 0 Å². The van der Waals surface area contributed by atoms with Crippen LogP contribution in [0.3, 0.4) is 0 Å². The van der Waals surface area contributed by atoms with Crippen LogP contribution in [0.4, 0.5) is 0 Å².